The summed E-state index contributed by atoms with van der Waals surface area (Å²) in [5, 5.41) is 0.679. The van der Waals surface area contributed by atoms with Crippen LogP contribution >= 0.6 is 11.6 Å². The van der Waals surface area contributed by atoms with E-state index in [-0.39, 0.29) is 6.04 Å². The van der Waals surface area contributed by atoms with Gasteiger partial charge in [0.05, 0.1) is 5.02 Å². The van der Waals surface area contributed by atoms with Crippen LogP contribution in [-0.2, 0) is 0 Å². The van der Waals surface area contributed by atoms with Crippen molar-refractivity contribution in [2.75, 3.05) is 5.73 Å². The first-order valence-corrected chi connectivity index (χ1v) is 6.93. The summed E-state index contributed by atoms with van der Waals surface area (Å²) < 4.78 is 2.09. The maximum atomic E-state index is 6.29. The van der Waals surface area contributed by atoms with Crippen LogP contribution in [0.1, 0.15) is 45.5 Å². The van der Waals surface area contributed by atoms with E-state index in [0.29, 0.717) is 16.8 Å². The van der Waals surface area contributed by atoms with Gasteiger partial charge in [0.2, 0.25) is 0 Å². The normalized spacial score (nSPS) is 11.5. The Balaban J connectivity index is 2.67. The van der Waals surface area contributed by atoms with Crippen LogP contribution in [0.5, 0.6) is 0 Å². The molecule has 0 atom stereocenters. The molecule has 102 valence electrons. The van der Waals surface area contributed by atoms with E-state index >= 15 is 0 Å². The second kappa shape index (κ2) is 5.25. The minimum Gasteiger partial charge on any atom is -0.383 e. The Kier molecular flexibility index (Phi) is 3.85. The number of nitrogens with zero attached hydrogens (tertiary/aromatic N) is 2. The lowest BCUT2D eigenvalue weighted by Gasteiger charge is -2.15. The lowest BCUT2D eigenvalue weighted by Crippen LogP contribution is -2.10. The molecule has 1 heterocycles. The van der Waals surface area contributed by atoms with Gasteiger partial charge >= 0.3 is 0 Å². The Labute approximate surface area is 119 Å². The Morgan fingerprint density at radius 1 is 1.16 bits per heavy atom. The maximum absolute atomic E-state index is 6.29. The number of rotatable bonds is 3. The largest absolute Gasteiger partial charge is 0.383 e. The zero-order chi connectivity index (χ0) is 14.2. The van der Waals surface area contributed by atoms with E-state index in [4.69, 9.17) is 22.3 Å². The first-order chi connectivity index (χ1) is 8.93. The van der Waals surface area contributed by atoms with Crippen LogP contribution in [0.2, 0.25) is 5.02 Å². The van der Waals surface area contributed by atoms with Gasteiger partial charge in [0, 0.05) is 17.5 Å². The van der Waals surface area contributed by atoms with Crippen LogP contribution < -0.4 is 5.73 Å². The Hall–Kier alpha value is -1.48. The molecule has 2 aromatic rings. The van der Waals surface area contributed by atoms with Crippen LogP contribution in [0.25, 0.3) is 11.3 Å². The van der Waals surface area contributed by atoms with Gasteiger partial charge in [0.25, 0.3) is 0 Å². The molecule has 1 aromatic carbocycles. The van der Waals surface area contributed by atoms with Crippen molar-refractivity contribution in [3.63, 3.8) is 0 Å². The molecule has 0 spiro atoms. The van der Waals surface area contributed by atoms with Gasteiger partial charge in [-0.3, -0.25) is 0 Å². The fourth-order valence-electron chi connectivity index (χ4n) is 2.26. The first kappa shape index (κ1) is 13.9. The van der Waals surface area contributed by atoms with Crippen molar-refractivity contribution in [3.05, 3.63) is 35.1 Å². The summed E-state index contributed by atoms with van der Waals surface area (Å²) in [7, 11) is 0. The third kappa shape index (κ3) is 2.47. The predicted octanol–water partition coefficient (Wildman–Crippen LogP) is 4.49. The fourth-order valence-corrected chi connectivity index (χ4v) is 2.49. The summed E-state index contributed by atoms with van der Waals surface area (Å²) in [6, 6.07) is 7.95. The van der Waals surface area contributed by atoms with Gasteiger partial charge in [-0.25, -0.2) is 4.98 Å². The van der Waals surface area contributed by atoms with Crippen LogP contribution in [0.3, 0.4) is 0 Å². The molecule has 0 radical (unpaired) electrons. The number of imidazole rings is 1. The van der Waals surface area contributed by atoms with Gasteiger partial charge in [-0.05, 0) is 19.9 Å². The van der Waals surface area contributed by atoms with Crippen molar-refractivity contribution in [2.24, 2.45) is 0 Å². The zero-order valence-electron chi connectivity index (χ0n) is 11.8. The van der Waals surface area contributed by atoms with Crippen LogP contribution in [-0.4, -0.2) is 9.55 Å². The number of benzene rings is 1. The molecule has 4 heteroatoms. The molecule has 0 saturated heterocycles. The molecule has 0 aliphatic rings. The van der Waals surface area contributed by atoms with E-state index in [1.807, 2.05) is 24.3 Å². The third-order valence-corrected chi connectivity index (χ3v) is 3.47. The molecular weight excluding hydrogens is 258 g/mol. The van der Waals surface area contributed by atoms with Gasteiger partial charge in [-0.15, -0.1) is 0 Å². The lowest BCUT2D eigenvalue weighted by molar-refractivity contribution is 0.556. The minimum absolute atomic E-state index is 0.279. The van der Waals surface area contributed by atoms with Crippen LogP contribution in [0.4, 0.5) is 5.82 Å². The Morgan fingerprint density at radius 3 is 2.26 bits per heavy atom. The summed E-state index contributed by atoms with van der Waals surface area (Å²) in [4.78, 5) is 4.72. The van der Waals surface area contributed by atoms with Gasteiger partial charge < -0.3 is 10.3 Å². The molecule has 2 rings (SSSR count). The highest BCUT2D eigenvalue weighted by molar-refractivity contribution is 6.33. The van der Waals surface area contributed by atoms with Crippen LogP contribution in [0, 0.1) is 0 Å². The van der Waals surface area contributed by atoms with E-state index in [0.717, 1.165) is 17.1 Å². The average Bonchev–Trinajstić information content (AvgIpc) is 2.68. The highest BCUT2D eigenvalue weighted by Crippen LogP contribution is 2.35. The number of nitrogen functional groups attached to an aromatic ring is 1. The third-order valence-electron chi connectivity index (χ3n) is 3.14. The van der Waals surface area contributed by atoms with Crippen molar-refractivity contribution < 1.29 is 0 Å². The second-order valence-electron chi connectivity index (χ2n) is 5.30. The second-order valence-corrected chi connectivity index (χ2v) is 5.71. The summed E-state index contributed by atoms with van der Waals surface area (Å²) in [5.74, 6) is 2.01. The first-order valence-electron chi connectivity index (χ1n) is 6.56. The SMILES string of the molecule is CC(C)c1nc(-c2ccccc2Cl)c(N)n1C(C)C. The number of aromatic nitrogens is 2. The van der Waals surface area contributed by atoms with Gasteiger partial charge in [0.1, 0.15) is 17.3 Å². The lowest BCUT2D eigenvalue weighted by atomic mass is 10.1. The molecular formula is C15H20ClN3. The van der Waals surface area contributed by atoms with Crippen LogP contribution in [0.15, 0.2) is 24.3 Å². The number of halogens is 1. The quantitative estimate of drug-likeness (QED) is 0.898. The number of hydrogen-bond donors (Lipinski definition) is 1. The number of hydrogen-bond acceptors (Lipinski definition) is 2. The molecule has 0 amide bonds. The van der Waals surface area contributed by atoms with E-state index in [1.165, 1.54) is 0 Å². The van der Waals surface area contributed by atoms with E-state index in [9.17, 15) is 0 Å². The van der Waals surface area contributed by atoms with E-state index < -0.39 is 0 Å². The van der Waals surface area contributed by atoms with Gasteiger partial charge in [0.15, 0.2) is 0 Å². The standard InChI is InChI=1S/C15H20ClN3/c1-9(2)15-18-13(14(17)19(15)10(3)4)11-7-5-6-8-12(11)16/h5-10H,17H2,1-4H3. The fraction of sp³-hybridized carbons (Fsp3) is 0.400. The Bertz CT molecular complexity index is 585. The number of nitrogens with two attached hydrogens (primary N) is 1. The molecule has 0 bridgehead atoms. The van der Waals surface area contributed by atoms with E-state index in [2.05, 4.69) is 32.3 Å². The molecule has 0 aliphatic heterocycles. The van der Waals surface area contributed by atoms with Crippen molar-refractivity contribution in [2.45, 2.75) is 39.7 Å². The van der Waals surface area contributed by atoms with Crippen molar-refractivity contribution >= 4 is 17.4 Å². The van der Waals surface area contributed by atoms with Crippen molar-refractivity contribution in [1.29, 1.82) is 0 Å². The summed E-state index contributed by atoms with van der Waals surface area (Å²) >= 11 is 6.25. The molecule has 0 aliphatic carbocycles. The van der Waals surface area contributed by atoms with Gasteiger partial charge in [-0.1, -0.05) is 43.6 Å². The van der Waals surface area contributed by atoms with Crippen molar-refractivity contribution in [1.82, 2.24) is 9.55 Å². The predicted molar refractivity (Wildman–Crippen MR) is 81.6 cm³/mol. The monoisotopic (exact) mass is 277 g/mol. The van der Waals surface area contributed by atoms with Crippen molar-refractivity contribution in [3.8, 4) is 11.3 Å². The molecule has 2 N–H and O–H groups in total. The topological polar surface area (TPSA) is 43.8 Å². The molecule has 0 unspecified atom stereocenters. The highest BCUT2D eigenvalue weighted by Gasteiger charge is 2.20. The summed E-state index contributed by atoms with van der Waals surface area (Å²) in [6.07, 6.45) is 0. The summed E-state index contributed by atoms with van der Waals surface area (Å²) in [6.45, 7) is 8.47. The minimum atomic E-state index is 0.279. The molecule has 0 saturated carbocycles. The van der Waals surface area contributed by atoms with Gasteiger partial charge in [-0.2, -0.15) is 0 Å². The smallest absolute Gasteiger partial charge is 0.132 e. The Morgan fingerprint density at radius 2 is 1.79 bits per heavy atom. The molecule has 0 fully saturated rings. The number of anilines is 1. The maximum Gasteiger partial charge on any atom is 0.132 e. The zero-order valence-corrected chi connectivity index (χ0v) is 12.6. The molecule has 3 nitrogen and oxygen atoms in total. The van der Waals surface area contributed by atoms with E-state index in [1.54, 1.807) is 0 Å². The molecule has 19 heavy (non-hydrogen) atoms. The molecule has 1 aromatic heterocycles. The summed E-state index contributed by atoms with van der Waals surface area (Å²) in [5.41, 5.74) is 7.96. The average molecular weight is 278 g/mol. The highest BCUT2D eigenvalue weighted by atomic mass is 35.5.